The Morgan fingerprint density at radius 1 is 1.80 bits per heavy atom. The summed E-state index contributed by atoms with van der Waals surface area (Å²) in [6.07, 6.45) is 5.08. The predicted molar refractivity (Wildman–Crippen MR) is 36.5 cm³/mol. The van der Waals surface area contributed by atoms with E-state index in [9.17, 15) is 0 Å². The molecule has 1 N–H and O–H groups in total. The lowest BCUT2D eigenvalue weighted by molar-refractivity contribution is -0.126. The summed E-state index contributed by atoms with van der Waals surface area (Å²) >= 11 is 4.85. The molecule has 0 fully saturated rings. The van der Waals surface area contributed by atoms with Gasteiger partial charge >= 0.3 is 0 Å². The van der Waals surface area contributed by atoms with Crippen LogP contribution in [0.1, 0.15) is 0 Å². The van der Waals surface area contributed by atoms with Gasteiger partial charge in [0.2, 0.25) is 0 Å². The van der Waals surface area contributed by atoms with Gasteiger partial charge in [0.15, 0.2) is 6.07 Å². The van der Waals surface area contributed by atoms with Gasteiger partial charge in [-0.3, -0.25) is 4.79 Å². The van der Waals surface area contributed by atoms with Gasteiger partial charge in [-0.15, -0.1) is 0 Å². The van der Waals surface area contributed by atoms with Crippen LogP contribution in [0.15, 0.2) is 18.7 Å². The smallest absolute Gasteiger partial charge is 0.294 e. The Bertz CT molecular complexity index is 126. The number of nitrogens with one attached hydrogen (secondary N) is 1. The summed E-state index contributed by atoms with van der Waals surface area (Å²) in [4.78, 5) is 15.5. The van der Waals surface area contributed by atoms with Crippen LogP contribution in [-0.4, -0.2) is 22.5 Å². The van der Waals surface area contributed by atoms with Gasteiger partial charge < -0.3 is 9.72 Å². The summed E-state index contributed by atoms with van der Waals surface area (Å²) in [6, 6.07) is -0.0521. The summed E-state index contributed by atoms with van der Waals surface area (Å²) in [5, 5.41) is 0. The summed E-state index contributed by atoms with van der Waals surface area (Å²) in [6.45, 7) is 0.299. The molecule has 5 heteroatoms. The third kappa shape index (κ3) is 6.97. The average Bonchev–Trinajstić information content (AvgIpc) is 2.44. The zero-order valence-electron chi connectivity index (χ0n) is 5.16. The molecule has 56 valence electrons. The maximum atomic E-state index is 9.10. The summed E-state index contributed by atoms with van der Waals surface area (Å²) in [5.74, 6) is 0. The Morgan fingerprint density at radius 3 is 2.70 bits per heavy atom. The van der Waals surface area contributed by atoms with E-state index >= 15 is 0 Å². The molecular weight excluding hydrogens is 156 g/mol. The van der Waals surface area contributed by atoms with Crippen molar-refractivity contribution in [3.05, 3.63) is 18.7 Å². The number of halogens is 1. The number of imidazole rings is 1. The van der Waals surface area contributed by atoms with E-state index < -0.39 is 0 Å². The first-order valence-electron chi connectivity index (χ1n) is 2.45. The van der Waals surface area contributed by atoms with Crippen LogP contribution in [0, 0.1) is 0 Å². The number of alkyl halides is 1. The van der Waals surface area contributed by atoms with Crippen LogP contribution >= 0.6 is 11.6 Å². The number of nitrogens with zero attached hydrogens (tertiary/aromatic N) is 1. The van der Waals surface area contributed by atoms with Crippen molar-refractivity contribution in [3.8, 4) is 0 Å². The fraction of sp³-hybridized carbons (Fsp3) is 0.200. The van der Waals surface area contributed by atoms with Crippen molar-refractivity contribution >= 4 is 18.1 Å². The second-order valence-corrected chi connectivity index (χ2v) is 1.35. The van der Waals surface area contributed by atoms with Gasteiger partial charge in [-0.2, -0.15) is 0 Å². The topological polar surface area (TPSA) is 55.0 Å². The van der Waals surface area contributed by atoms with E-state index in [1.807, 2.05) is 0 Å². The predicted octanol–water partition coefficient (Wildman–Crippen LogP) is 0.765. The van der Waals surface area contributed by atoms with Crippen LogP contribution in [0.5, 0.6) is 0 Å². The van der Waals surface area contributed by atoms with Crippen molar-refractivity contribution in [2.45, 2.75) is 0 Å². The lowest BCUT2D eigenvalue weighted by atomic mass is 11.0. The Hall–Kier alpha value is -1.03. The Balaban J connectivity index is 0.000000162. The molecule has 0 bridgehead atoms. The van der Waals surface area contributed by atoms with Crippen molar-refractivity contribution < 1.29 is 9.53 Å². The number of carbonyl (C=O) groups excluding carboxylic acids is 1. The number of rotatable bonds is 2. The van der Waals surface area contributed by atoms with Crippen LogP contribution in [0.3, 0.4) is 0 Å². The number of ether oxygens (including phenoxy) is 1. The first kappa shape index (κ1) is 8.97. The Morgan fingerprint density at radius 2 is 2.60 bits per heavy atom. The molecular formula is C5H7ClN2O2. The summed E-state index contributed by atoms with van der Waals surface area (Å²) < 4.78 is 3.92. The van der Waals surface area contributed by atoms with E-state index in [1.165, 1.54) is 0 Å². The minimum Gasteiger partial charge on any atom is -0.452 e. The lowest BCUT2D eigenvalue weighted by Gasteiger charge is -1.77. The molecule has 0 amide bonds. The molecule has 0 aliphatic heterocycles. The molecule has 4 nitrogen and oxygen atoms in total. The molecule has 1 rings (SSSR count). The molecule has 0 aliphatic carbocycles. The van der Waals surface area contributed by atoms with Crippen LogP contribution in [0.25, 0.3) is 0 Å². The highest BCUT2D eigenvalue weighted by Crippen LogP contribution is 1.68. The second kappa shape index (κ2) is 7.97. The second-order valence-electron chi connectivity index (χ2n) is 1.13. The molecule has 0 unspecified atom stereocenters. The Labute approximate surface area is 63.2 Å². The maximum Gasteiger partial charge on any atom is 0.294 e. The van der Waals surface area contributed by atoms with Gasteiger partial charge in [0, 0.05) is 12.4 Å². The zero-order valence-corrected chi connectivity index (χ0v) is 5.91. The Kier molecular flexibility index (Phi) is 7.15. The fourth-order valence-electron chi connectivity index (χ4n) is 0.241. The van der Waals surface area contributed by atoms with Crippen LogP contribution in [0.2, 0.25) is 0 Å². The van der Waals surface area contributed by atoms with Crippen molar-refractivity contribution in [1.29, 1.82) is 0 Å². The van der Waals surface area contributed by atoms with Crippen LogP contribution in [-0.2, 0) is 9.53 Å². The van der Waals surface area contributed by atoms with E-state index in [4.69, 9.17) is 16.4 Å². The number of H-pyrrole nitrogens is 1. The number of hydrogen-bond donors (Lipinski definition) is 1. The maximum absolute atomic E-state index is 9.10. The first-order chi connectivity index (χ1) is 4.91. The number of carbonyl (C=O) groups is 1. The number of aromatic nitrogens is 2. The van der Waals surface area contributed by atoms with Crippen molar-refractivity contribution in [2.24, 2.45) is 0 Å². The molecule has 0 radical (unpaired) electrons. The van der Waals surface area contributed by atoms with Gasteiger partial charge in [0.1, 0.15) is 0 Å². The van der Waals surface area contributed by atoms with Crippen LogP contribution in [0.4, 0.5) is 0 Å². The standard InChI is InChI=1S/C3H4N2.C2H3ClO2/c1-2-5-3-4-1;3-1-5-2-4/h1-3H,(H,4,5);2H,1H2. The van der Waals surface area contributed by atoms with Crippen LogP contribution < -0.4 is 0 Å². The highest BCUT2D eigenvalue weighted by Gasteiger charge is 1.63. The first-order valence-corrected chi connectivity index (χ1v) is 2.99. The largest absolute Gasteiger partial charge is 0.452 e. The van der Waals surface area contributed by atoms with Gasteiger partial charge in [0.25, 0.3) is 6.47 Å². The molecule has 1 aromatic rings. The highest BCUT2D eigenvalue weighted by atomic mass is 35.5. The monoisotopic (exact) mass is 162 g/mol. The van der Waals surface area contributed by atoms with Gasteiger partial charge in [0.05, 0.1) is 6.33 Å². The molecule has 0 aliphatic rings. The molecule has 0 saturated carbocycles. The van der Waals surface area contributed by atoms with E-state index in [-0.39, 0.29) is 6.07 Å². The average molecular weight is 163 g/mol. The summed E-state index contributed by atoms with van der Waals surface area (Å²) in [7, 11) is 0. The minimum absolute atomic E-state index is 0.0521. The summed E-state index contributed by atoms with van der Waals surface area (Å²) in [5.41, 5.74) is 0. The normalized spacial score (nSPS) is 7.30. The molecule has 1 aromatic heterocycles. The van der Waals surface area contributed by atoms with Crippen molar-refractivity contribution in [2.75, 3.05) is 6.07 Å². The van der Waals surface area contributed by atoms with Crippen molar-refractivity contribution in [3.63, 3.8) is 0 Å². The van der Waals surface area contributed by atoms with E-state index in [0.29, 0.717) is 6.47 Å². The molecule has 1 heterocycles. The quantitative estimate of drug-likeness (QED) is 0.516. The van der Waals surface area contributed by atoms with E-state index in [2.05, 4.69) is 14.7 Å². The number of aromatic amines is 1. The van der Waals surface area contributed by atoms with Gasteiger partial charge in [-0.25, -0.2) is 4.98 Å². The minimum atomic E-state index is -0.0521. The van der Waals surface area contributed by atoms with Crippen molar-refractivity contribution in [1.82, 2.24) is 9.97 Å². The molecule has 0 saturated heterocycles. The highest BCUT2D eigenvalue weighted by molar-refractivity contribution is 6.17. The molecule has 0 atom stereocenters. The fourth-order valence-corrected chi connectivity index (χ4v) is 0.292. The zero-order chi connectivity index (χ0) is 7.66. The van der Waals surface area contributed by atoms with Gasteiger partial charge in [-0.1, -0.05) is 11.6 Å². The van der Waals surface area contributed by atoms with E-state index in [0.717, 1.165) is 0 Å². The SMILES string of the molecule is O=COCCl.c1c[nH]cn1. The number of hydrogen-bond acceptors (Lipinski definition) is 3. The molecule has 0 spiro atoms. The molecule has 10 heavy (non-hydrogen) atoms. The van der Waals surface area contributed by atoms with E-state index in [1.54, 1.807) is 18.7 Å². The third-order valence-corrected chi connectivity index (χ3v) is 0.663. The lowest BCUT2D eigenvalue weighted by Crippen LogP contribution is -1.77. The molecule has 0 aromatic carbocycles. The van der Waals surface area contributed by atoms with Gasteiger partial charge in [-0.05, 0) is 0 Å². The third-order valence-electron chi connectivity index (χ3n) is 0.537.